The molecule has 0 spiro atoms. The van der Waals surface area contributed by atoms with Gasteiger partial charge in [-0.2, -0.15) is 4.37 Å². The van der Waals surface area contributed by atoms with Crippen molar-refractivity contribution in [3.8, 4) is 0 Å². The van der Waals surface area contributed by atoms with Gasteiger partial charge in [-0.05, 0) is 30.3 Å². The highest BCUT2D eigenvalue weighted by Gasteiger charge is 2.34. The quantitative estimate of drug-likeness (QED) is 0.853. The molecule has 0 radical (unpaired) electrons. The Bertz CT molecular complexity index is 439. The molecule has 2 rings (SSSR count). The molecule has 1 fully saturated rings. The molecule has 1 saturated carbocycles. The molecule has 0 unspecified atom stereocenters. The largest absolute Gasteiger partial charge is 0.382 e. The van der Waals surface area contributed by atoms with E-state index in [1.54, 1.807) is 7.05 Å². The van der Waals surface area contributed by atoms with E-state index < -0.39 is 0 Å². The Morgan fingerprint density at radius 1 is 1.61 bits per heavy atom. The molecule has 18 heavy (non-hydrogen) atoms. The summed E-state index contributed by atoms with van der Waals surface area (Å²) in [7, 11) is 1.62. The molecule has 0 atom stereocenters. The van der Waals surface area contributed by atoms with Crippen molar-refractivity contribution < 1.29 is 4.79 Å². The maximum absolute atomic E-state index is 11.9. The Morgan fingerprint density at radius 2 is 2.28 bits per heavy atom. The number of hydrogen-bond donors (Lipinski definition) is 2. The van der Waals surface area contributed by atoms with Crippen LogP contribution in [0.1, 0.15) is 37.0 Å². The van der Waals surface area contributed by atoms with Crippen molar-refractivity contribution in [3.63, 3.8) is 0 Å². The summed E-state index contributed by atoms with van der Waals surface area (Å²) in [4.78, 5) is 14.2. The highest BCUT2D eigenvalue weighted by molar-refractivity contribution is 7.11. The third-order valence-corrected chi connectivity index (χ3v) is 3.86. The number of nitrogens with zero attached hydrogens (tertiary/aromatic N) is 2. The SMILES string of the molecule is CNC(=O)c1c(N)nsc1N(CC(C)C)C1CC1. The summed E-state index contributed by atoms with van der Waals surface area (Å²) in [6.45, 7) is 5.30. The van der Waals surface area contributed by atoms with Gasteiger partial charge in [-0.15, -0.1) is 0 Å². The zero-order valence-corrected chi connectivity index (χ0v) is 11.9. The van der Waals surface area contributed by atoms with Gasteiger partial charge in [-0.25, -0.2) is 0 Å². The molecule has 5 nitrogen and oxygen atoms in total. The molecule has 6 heteroatoms. The first-order valence-electron chi connectivity index (χ1n) is 6.28. The molecule has 1 amide bonds. The molecule has 1 aromatic heterocycles. The van der Waals surface area contributed by atoms with Gasteiger partial charge in [0.2, 0.25) is 0 Å². The van der Waals surface area contributed by atoms with Crippen molar-refractivity contribution in [2.75, 3.05) is 24.2 Å². The van der Waals surface area contributed by atoms with E-state index in [-0.39, 0.29) is 5.91 Å². The number of nitrogens with two attached hydrogens (primary N) is 1. The van der Waals surface area contributed by atoms with Crippen LogP contribution in [0.2, 0.25) is 0 Å². The number of nitrogen functional groups attached to an aromatic ring is 1. The molecule has 1 aromatic rings. The van der Waals surface area contributed by atoms with Crippen molar-refractivity contribution in [2.24, 2.45) is 5.92 Å². The van der Waals surface area contributed by atoms with Gasteiger partial charge in [0, 0.05) is 19.6 Å². The Balaban J connectivity index is 2.32. The van der Waals surface area contributed by atoms with E-state index in [0.29, 0.717) is 23.3 Å². The van der Waals surface area contributed by atoms with Gasteiger partial charge >= 0.3 is 0 Å². The standard InChI is InChI=1S/C12H20N4OS/c1-7(2)6-16(8-4-5-8)12-9(11(17)14-3)10(13)15-18-12/h7-8H,4-6H2,1-3H3,(H2,13,15)(H,14,17). The summed E-state index contributed by atoms with van der Waals surface area (Å²) in [5.74, 6) is 0.737. The van der Waals surface area contributed by atoms with E-state index >= 15 is 0 Å². The number of amides is 1. The van der Waals surface area contributed by atoms with E-state index in [0.717, 1.165) is 11.5 Å². The molecular formula is C12H20N4OS. The number of hydrogen-bond acceptors (Lipinski definition) is 5. The first-order chi connectivity index (χ1) is 8.54. The van der Waals surface area contributed by atoms with Crippen LogP contribution in [-0.2, 0) is 0 Å². The van der Waals surface area contributed by atoms with Crippen LogP contribution < -0.4 is 16.0 Å². The van der Waals surface area contributed by atoms with Gasteiger partial charge in [0.25, 0.3) is 5.91 Å². The first kappa shape index (κ1) is 13.1. The van der Waals surface area contributed by atoms with E-state index in [1.807, 2.05) is 0 Å². The average Bonchev–Trinajstić information content (AvgIpc) is 3.08. The maximum atomic E-state index is 11.9. The van der Waals surface area contributed by atoms with Crippen molar-refractivity contribution >= 4 is 28.3 Å². The van der Waals surface area contributed by atoms with Crippen LogP contribution in [0.5, 0.6) is 0 Å². The Morgan fingerprint density at radius 3 is 2.78 bits per heavy atom. The number of rotatable bonds is 5. The summed E-state index contributed by atoms with van der Waals surface area (Å²) in [5, 5.41) is 3.56. The summed E-state index contributed by atoms with van der Waals surface area (Å²) >= 11 is 1.33. The topological polar surface area (TPSA) is 71.2 Å². The Labute approximate surface area is 112 Å². The molecule has 1 aliphatic rings. The molecule has 1 heterocycles. The third-order valence-electron chi connectivity index (χ3n) is 2.96. The van der Waals surface area contributed by atoms with E-state index in [4.69, 9.17) is 5.73 Å². The van der Waals surface area contributed by atoms with Gasteiger partial charge in [-0.3, -0.25) is 4.79 Å². The maximum Gasteiger partial charge on any atom is 0.257 e. The second-order valence-electron chi connectivity index (χ2n) is 5.10. The van der Waals surface area contributed by atoms with Gasteiger partial charge in [0.05, 0.1) is 0 Å². The Hall–Kier alpha value is -1.30. The van der Waals surface area contributed by atoms with E-state index in [1.165, 1.54) is 24.4 Å². The van der Waals surface area contributed by atoms with Crippen LogP contribution in [-0.4, -0.2) is 29.9 Å². The minimum Gasteiger partial charge on any atom is -0.382 e. The van der Waals surface area contributed by atoms with Crippen molar-refractivity contribution in [1.82, 2.24) is 9.69 Å². The first-order valence-corrected chi connectivity index (χ1v) is 7.05. The zero-order chi connectivity index (χ0) is 13.3. The predicted molar refractivity (Wildman–Crippen MR) is 75.1 cm³/mol. The summed E-state index contributed by atoms with van der Waals surface area (Å²) < 4.78 is 4.14. The second kappa shape index (κ2) is 5.14. The van der Waals surface area contributed by atoms with Crippen molar-refractivity contribution in [1.29, 1.82) is 0 Å². The minimum atomic E-state index is -0.148. The van der Waals surface area contributed by atoms with Crippen LogP contribution in [0.3, 0.4) is 0 Å². The fraction of sp³-hybridized carbons (Fsp3) is 0.667. The lowest BCUT2D eigenvalue weighted by atomic mass is 10.2. The molecule has 0 bridgehead atoms. The lowest BCUT2D eigenvalue weighted by Crippen LogP contribution is -2.31. The highest BCUT2D eigenvalue weighted by Crippen LogP contribution is 2.38. The fourth-order valence-corrected chi connectivity index (χ4v) is 2.90. The van der Waals surface area contributed by atoms with Crippen LogP contribution in [0.4, 0.5) is 10.8 Å². The van der Waals surface area contributed by atoms with Gasteiger partial charge < -0.3 is 16.0 Å². The predicted octanol–water partition coefficient (Wildman–Crippen LogP) is 1.71. The van der Waals surface area contributed by atoms with E-state index in [9.17, 15) is 4.79 Å². The summed E-state index contributed by atoms with van der Waals surface area (Å²) in [6, 6.07) is 0.552. The monoisotopic (exact) mass is 268 g/mol. The number of nitrogens with one attached hydrogen (secondary N) is 1. The Kier molecular flexibility index (Phi) is 3.75. The molecule has 100 valence electrons. The van der Waals surface area contributed by atoms with Gasteiger partial charge in [0.15, 0.2) is 5.82 Å². The van der Waals surface area contributed by atoms with Crippen molar-refractivity contribution in [2.45, 2.75) is 32.7 Å². The van der Waals surface area contributed by atoms with Gasteiger partial charge in [-0.1, -0.05) is 13.8 Å². The van der Waals surface area contributed by atoms with Crippen LogP contribution in [0.15, 0.2) is 0 Å². The number of carbonyl (C=O) groups is 1. The third kappa shape index (κ3) is 2.58. The zero-order valence-electron chi connectivity index (χ0n) is 11.1. The smallest absolute Gasteiger partial charge is 0.257 e. The van der Waals surface area contributed by atoms with E-state index in [2.05, 4.69) is 28.4 Å². The molecule has 0 aliphatic heterocycles. The van der Waals surface area contributed by atoms with Crippen LogP contribution in [0, 0.1) is 5.92 Å². The average molecular weight is 268 g/mol. The summed E-state index contributed by atoms with van der Waals surface area (Å²) in [5.41, 5.74) is 6.36. The molecular weight excluding hydrogens is 248 g/mol. The fourth-order valence-electron chi connectivity index (χ4n) is 2.01. The molecule has 0 aromatic carbocycles. The van der Waals surface area contributed by atoms with Crippen LogP contribution in [0.25, 0.3) is 0 Å². The lowest BCUT2D eigenvalue weighted by Gasteiger charge is -2.25. The number of aromatic nitrogens is 1. The normalized spacial score (nSPS) is 14.9. The molecule has 3 N–H and O–H groups in total. The molecule has 0 saturated heterocycles. The second-order valence-corrected chi connectivity index (χ2v) is 5.86. The minimum absolute atomic E-state index is 0.148. The van der Waals surface area contributed by atoms with Crippen molar-refractivity contribution in [3.05, 3.63) is 5.56 Å². The van der Waals surface area contributed by atoms with Crippen LogP contribution >= 0.6 is 11.5 Å². The summed E-state index contributed by atoms with van der Waals surface area (Å²) in [6.07, 6.45) is 2.38. The highest BCUT2D eigenvalue weighted by atomic mass is 32.1. The number of anilines is 2. The van der Waals surface area contributed by atoms with Gasteiger partial charge in [0.1, 0.15) is 10.6 Å². The number of carbonyl (C=O) groups excluding carboxylic acids is 1. The molecule has 1 aliphatic carbocycles. The lowest BCUT2D eigenvalue weighted by molar-refractivity contribution is 0.0964.